The van der Waals surface area contributed by atoms with Crippen molar-refractivity contribution in [2.24, 2.45) is 0 Å². The van der Waals surface area contributed by atoms with Gasteiger partial charge in [0.15, 0.2) is 0 Å². The number of ether oxygens (including phenoxy) is 1. The maximum Gasteiger partial charge on any atom is 0.416 e. The van der Waals surface area contributed by atoms with Crippen molar-refractivity contribution in [1.29, 1.82) is 0 Å². The highest BCUT2D eigenvalue weighted by atomic mass is 19.4. The number of alkyl halides is 3. The van der Waals surface area contributed by atoms with Crippen molar-refractivity contribution in [3.05, 3.63) is 23.8 Å². The Balaban J connectivity index is 3.06. The molecule has 15 heavy (non-hydrogen) atoms. The summed E-state index contributed by atoms with van der Waals surface area (Å²) in [6, 6.07) is 3.19. The van der Waals surface area contributed by atoms with Gasteiger partial charge in [0, 0.05) is 11.8 Å². The summed E-state index contributed by atoms with van der Waals surface area (Å²) in [4.78, 5) is 0. The molecule has 0 unspecified atom stereocenters. The van der Waals surface area contributed by atoms with E-state index in [-0.39, 0.29) is 17.5 Å². The van der Waals surface area contributed by atoms with Crippen LogP contribution in [0.15, 0.2) is 18.2 Å². The molecule has 1 rings (SSSR count). The van der Waals surface area contributed by atoms with Crippen LogP contribution >= 0.6 is 0 Å². The lowest BCUT2D eigenvalue weighted by Crippen LogP contribution is -2.09. The molecule has 0 aliphatic heterocycles. The molecule has 0 saturated carbocycles. The predicted octanol–water partition coefficient (Wildman–Crippen LogP) is 3.07. The third kappa shape index (κ3) is 3.34. The number of nitrogen functional groups attached to an aromatic ring is 1. The number of hydrogen-bond acceptors (Lipinski definition) is 2. The highest BCUT2D eigenvalue weighted by molar-refractivity contribution is 5.48. The number of hydrogen-bond donors (Lipinski definition) is 1. The molecule has 0 fully saturated rings. The van der Waals surface area contributed by atoms with Gasteiger partial charge in [-0.3, -0.25) is 0 Å². The topological polar surface area (TPSA) is 35.2 Å². The Morgan fingerprint density at radius 2 is 1.80 bits per heavy atom. The summed E-state index contributed by atoms with van der Waals surface area (Å²) >= 11 is 0. The van der Waals surface area contributed by atoms with Crippen LogP contribution in [-0.4, -0.2) is 6.10 Å². The number of nitrogens with two attached hydrogens (primary N) is 1. The zero-order chi connectivity index (χ0) is 11.6. The van der Waals surface area contributed by atoms with E-state index >= 15 is 0 Å². The third-order valence-corrected chi connectivity index (χ3v) is 1.63. The molecule has 0 radical (unpaired) electrons. The third-order valence-electron chi connectivity index (χ3n) is 1.63. The largest absolute Gasteiger partial charge is 0.491 e. The van der Waals surface area contributed by atoms with Crippen molar-refractivity contribution in [1.82, 2.24) is 0 Å². The van der Waals surface area contributed by atoms with Crippen LogP contribution in [0, 0.1) is 0 Å². The first-order valence-corrected chi connectivity index (χ1v) is 4.43. The van der Waals surface area contributed by atoms with Crippen LogP contribution < -0.4 is 10.5 Å². The van der Waals surface area contributed by atoms with Gasteiger partial charge in [0.05, 0.1) is 11.7 Å². The maximum atomic E-state index is 12.4. The molecule has 0 amide bonds. The predicted molar refractivity (Wildman–Crippen MR) is 51.6 cm³/mol. The Labute approximate surface area is 85.8 Å². The van der Waals surface area contributed by atoms with Crippen LogP contribution in [0.25, 0.3) is 0 Å². The summed E-state index contributed by atoms with van der Waals surface area (Å²) in [5, 5.41) is 0. The molecule has 0 bridgehead atoms. The van der Waals surface area contributed by atoms with E-state index in [4.69, 9.17) is 10.5 Å². The first-order valence-electron chi connectivity index (χ1n) is 4.43. The average Bonchev–Trinajstić information content (AvgIpc) is 1.99. The first kappa shape index (κ1) is 11.7. The molecule has 2 nitrogen and oxygen atoms in total. The van der Waals surface area contributed by atoms with E-state index in [9.17, 15) is 13.2 Å². The van der Waals surface area contributed by atoms with E-state index in [1.165, 1.54) is 6.07 Å². The molecule has 5 heteroatoms. The fourth-order valence-corrected chi connectivity index (χ4v) is 1.13. The van der Waals surface area contributed by atoms with E-state index in [1.807, 2.05) is 0 Å². The van der Waals surface area contributed by atoms with Crippen LogP contribution in [0.2, 0.25) is 0 Å². The Morgan fingerprint density at radius 1 is 1.20 bits per heavy atom. The molecule has 1 aromatic rings. The van der Waals surface area contributed by atoms with Gasteiger partial charge in [-0.2, -0.15) is 13.2 Å². The molecule has 0 heterocycles. The normalized spacial score (nSPS) is 11.9. The van der Waals surface area contributed by atoms with Crippen LogP contribution in [0.5, 0.6) is 5.75 Å². The van der Waals surface area contributed by atoms with Crippen molar-refractivity contribution in [3.63, 3.8) is 0 Å². The Kier molecular flexibility index (Phi) is 3.12. The van der Waals surface area contributed by atoms with Crippen molar-refractivity contribution in [3.8, 4) is 5.75 Å². The minimum Gasteiger partial charge on any atom is -0.491 e. The molecule has 0 aromatic heterocycles. The van der Waals surface area contributed by atoms with E-state index in [0.29, 0.717) is 0 Å². The van der Waals surface area contributed by atoms with Gasteiger partial charge >= 0.3 is 6.18 Å². The second-order valence-corrected chi connectivity index (χ2v) is 3.46. The van der Waals surface area contributed by atoms with Crippen molar-refractivity contribution < 1.29 is 17.9 Å². The molecular formula is C10H12F3NO. The fraction of sp³-hybridized carbons (Fsp3) is 0.400. The quantitative estimate of drug-likeness (QED) is 0.776. The minimum atomic E-state index is -4.40. The van der Waals surface area contributed by atoms with Gasteiger partial charge in [0.1, 0.15) is 5.75 Å². The zero-order valence-corrected chi connectivity index (χ0v) is 8.43. The summed E-state index contributed by atoms with van der Waals surface area (Å²) in [7, 11) is 0. The molecule has 0 aliphatic carbocycles. The minimum absolute atomic E-state index is 0.0421. The van der Waals surface area contributed by atoms with Crippen molar-refractivity contribution >= 4 is 5.69 Å². The lowest BCUT2D eigenvalue weighted by atomic mass is 10.2. The summed E-state index contributed by atoms with van der Waals surface area (Å²) < 4.78 is 42.3. The molecular weight excluding hydrogens is 207 g/mol. The number of rotatable bonds is 2. The highest BCUT2D eigenvalue weighted by Crippen LogP contribution is 2.33. The Bertz CT molecular complexity index is 347. The SMILES string of the molecule is CC(C)Oc1cc(N)cc(C(F)(F)F)c1. The monoisotopic (exact) mass is 219 g/mol. The fourth-order valence-electron chi connectivity index (χ4n) is 1.13. The van der Waals surface area contributed by atoms with Crippen LogP contribution in [0.3, 0.4) is 0 Å². The lowest BCUT2D eigenvalue weighted by Gasteiger charge is -2.13. The molecule has 84 valence electrons. The van der Waals surface area contributed by atoms with E-state index < -0.39 is 11.7 Å². The van der Waals surface area contributed by atoms with Gasteiger partial charge in [0.2, 0.25) is 0 Å². The van der Waals surface area contributed by atoms with E-state index in [2.05, 4.69) is 0 Å². The molecule has 0 atom stereocenters. The highest BCUT2D eigenvalue weighted by Gasteiger charge is 2.31. The Hall–Kier alpha value is -1.39. The molecule has 0 spiro atoms. The number of benzene rings is 1. The summed E-state index contributed by atoms with van der Waals surface area (Å²) in [5.41, 5.74) is 4.60. The number of halogens is 3. The molecule has 2 N–H and O–H groups in total. The standard InChI is InChI=1S/C10H12F3NO/c1-6(2)15-9-4-7(10(11,12)13)3-8(14)5-9/h3-6H,14H2,1-2H3. The van der Waals surface area contributed by atoms with Gasteiger partial charge < -0.3 is 10.5 Å². The second kappa shape index (κ2) is 4.00. The smallest absolute Gasteiger partial charge is 0.416 e. The molecule has 1 aromatic carbocycles. The second-order valence-electron chi connectivity index (χ2n) is 3.46. The first-order chi connectivity index (χ1) is 6.79. The summed E-state index contributed by atoms with van der Waals surface area (Å²) in [6.07, 6.45) is -4.59. The lowest BCUT2D eigenvalue weighted by molar-refractivity contribution is -0.137. The van der Waals surface area contributed by atoms with Crippen molar-refractivity contribution in [2.75, 3.05) is 5.73 Å². The van der Waals surface area contributed by atoms with Gasteiger partial charge in [-0.25, -0.2) is 0 Å². The van der Waals surface area contributed by atoms with Crippen LogP contribution in [0.1, 0.15) is 19.4 Å². The van der Waals surface area contributed by atoms with Crippen molar-refractivity contribution in [2.45, 2.75) is 26.1 Å². The Morgan fingerprint density at radius 3 is 2.27 bits per heavy atom. The summed E-state index contributed by atoms with van der Waals surface area (Å²) in [6.45, 7) is 3.47. The van der Waals surface area contributed by atoms with Crippen LogP contribution in [-0.2, 0) is 6.18 Å². The average molecular weight is 219 g/mol. The van der Waals surface area contributed by atoms with Crippen LogP contribution in [0.4, 0.5) is 18.9 Å². The van der Waals surface area contributed by atoms with Gasteiger partial charge in [-0.1, -0.05) is 0 Å². The zero-order valence-electron chi connectivity index (χ0n) is 8.43. The van der Waals surface area contributed by atoms with E-state index in [1.54, 1.807) is 13.8 Å². The number of anilines is 1. The summed E-state index contributed by atoms with van der Waals surface area (Å²) in [5.74, 6) is 0.136. The van der Waals surface area contributed by atoms with Gasteiger partial charge in [0.25, 0.3) is 0 Å². The van der Waals surface area contributed by atoms with E-state index in [0.717, 1.165) is 12.1 Å². The molecule has 0 aliphatic rings. The maximum absolute atomic E-state index is 12.4. The van der Waals surface area contributed by atoms with Gasteiger partial charge in [-0.15, -0.1) is 0 Å². The molecule has 0 saturated heterocycles. The van der Waals surface area contributed by atoms with Gasteiger partial charge in [-0.05, 0) is 26.0 Å².